The minimum Gasteiger partial charge on any atom is -0.444 e. The smallest absolute Gasteiger partial charge is 0.410 e. The Balaban J connectivity index is 1.59. The van der Waals surface area contributed by atoms with E-state index in [9.17, 15) is 4.79 Å². The molecule has 0 spiro atoms. The van der Waals surface area contributed by atoms with Gasteiger partial charge in [-0.15, -0.1) is 0 Å². The molecule has 0 saturated heterocycles. The summed E-state index contributed by atoms with van der Waals surface area (Å²) in [5, 5.41) is 5.31. The molecule has 1 aliphatic rings. The summed E-state index contributed by atoms with van der Waals surface area (Å²) in [6.07, 6.45) is 4.50. The summed E-state index contributed by atoms with van der Waals surface area (Å²) in [5.74, 6) is 1.00. The number of benzene rings is 1. The first-order chi connectivity index (χ1) is 13.9. The third kappa shape index (κ3) is 3.90. The molecule has 7 nitrogen and oxygen atoms in total. The summed E-state index contributed by atoms with van der Waals surface area (Å²) in [5.41, 5.74) is 2.41. The molecule has 7 heteroatoms. The van der Waals surface area contributed by atoms with Crippen LogP contribution in [0.2, 0.25) is 0 Å². The quantitative estimate of drug-likeness (QED) is 0.642. The van der Waals surface area contributed by atoms with E-state index in [1.165, 1.54) is 0 Å². The second-order valence-electron chi connectivity index (χ2n) is 8.19. The van der Waals surface area contributed by atoms with Crippen LogP contribution in [-0.4, -0.2) is 44.4 Å². The summed E-state index contributed by atoms with van der Waals surface area (Å²) < 4.78 is 13.2. The number of amides is 1. The Hall–Kier alpha value is -3.09. The highest BCUT2D eigenvalue weighted by Crippen LogP contribution is 2.30. The largest absolute Gasteiger partial charge is 0.444 e. The second kappa shape index (κ2) is 7.39. The van der Waals surface area contributed by atoms with Gasteiger partial charge in [-0.05, 0) is 40.2 Å². The fourth-order valence-corrected chi connectivity index (χ4v) is 3.53. The van der Waals surface area contributed by atoms with Gasteiger partial charge in [-0.2, -0.15) is 4.98 Å². The number of aromatic nitrogens is 3. The third-order valence-corrected chi connectivity index (χ3v) is 4.87. The van der Waals surface area contributed by atoms with Gasteiger partial charge in [0.15, 0.2) is 0 Å². The van der Waals surface area contributed by atoms with E-state index in [1.807, 2.05) is 39.0 Å². The summed E-state index contributed by atoms with van der Waals surface area (Å²) in [7, 11) is 0. The van der Waals surface area contributed by atoms with Crippen LogP contribution in [-0.2, 0) is 11.3 Å². The van der Waals surface area contributed by atoms with Gasteiger partial charge in [-0.3, -0.25) is 0 Å². The molecular formula is C22H26N4O3. The zero-order chi connectivity index (χ0) is 20.6. The summed E-state index contributed by atoms with van der Waals surface area (Å²) in [6.45, 7) is 9.57. The van der Waals surface area contributed by atoms with Gasteiger partial charge in [0.1, 0.15) is 5.60 Å². The van der Waals surface area contributed by atoms with Gasteiger partial charge in [0.25, 0.3) is 5.89 Å². The normalized spacial score (nSPS) is 14.9. The average molecular weight is 394 g/mol. The van der Waals surface area contributed by atoms with Crippen molar-refractivity contribution in [3.8, 4) is 11.4 Å². The monoisotopic (exact) mass is 394 g/mol. The van der Waals surface area contributed by atoms with E-state index in [2.05, 4.69) is 40.0 Å². The molecular weight excluding hydrogens is 368 g/mol. The van der Waals surface area contributed by atoms with Crippen LogP contribution in [0.25, 0.3) is 27.9 Å². The highest BCUT2D eigenvalue weighted by Gasteiger charge is 2.27. The number of nitrogens with zero attached hydrogens (tertiary/aromatic N) is 4. The SMILES string of the molecule is CCn1cc(-c2noc(C3=CCCN(C(=O)OC(C)(C)C)C3)n2)c2ccccc21. The highest BCUT2D eigenvalue weighted by molar-refractivity contribution is 5.94. The minimum absolute atomic E-state index is 0.325. The van der Waals surface area contributed by atoms with Gasteiger partial charge in [0, 0.05) is 41.3 Å². The molecule has 3 aromatic rings. The second-order valence-corrected chi connectivity index (χ2v) is 8.19. The molecule has 0 bridgehead atoms. The van der Waals surface area contributed by atoms with Crippen molar-refractivity contribution in [2.45, 2.75) is 46.3 Å². The van der Waals surface area contributed by atoms with Gasteiger partial charge in [-0.25, -0.2) is 4.79 Å². The van der Waals surface area contributed by atoms with Crippen LogP contribution < -0.4 is 0 Å². The number of rotatable bonds is 3. The van der Waals surface area contributed by atoms with Gasteiger partial charge in [0.05, 0.1) is 6.54 Å². The van der Waals surface area contributed by atoms with Gasteiger partial charge >= 0.3 is 6.09 Å². The number of carbonyl (C=O) groups is 1. The zero-order valence-electron chi connectivity index (χ0n) is 17.3. The molecule has 0 radical (unpaired) electrons. The van der Waals surface area contributed by atoms with Crippen molar-refractivity contribution in [2.75, 3.05) is 13.1 Å². The molecule has 2 aromatic heterocycles. The first kappa shape index (κ1) is 19.2. The summed E-state index contributed by atoms with van der Waals surface area (Å²) in [4.78, 5) is 18.7. The number of hydrogen-bond acceptors (Lipinski definition) is 5. The molecule has 0 unspecified atom stereocenters. The van der Waals surface area contributed by atoms with E-state index in [-0.39, 0.29) is 6.09 Å². The maximum atomic E-state index is 12.4. The van der Waals surface area contributed by atoms with Gasteiger partial charge in [-0.1, -0.05) is 29.4 Å². The summed E-state index contributed by atoms with van der Waals surface area (Å²) in [6, 6.07) is 8.19. The van der Waals surface area contributed by atoms with Crippen LogP contribution in [0.4, 0.5) is 4.79 Å². The standard InChI is InChI=1S/C22H26N4O3/c1-5-25-14-17(16-10-6-7-11-18(16)25)19-23-20(29-24-19)15-9-8-12-26(13-15)21(27)28-22(2,3)4/h6-7,9-11,14H,5,8,12-13H2,1-4H3. The Bertz CT molecular complexity index is 1070. The number of para-hydroxylation sites is 1. The first-order valence-corrected chi connectivity index (χ1v) is 9.95. The lowest BCUT2D eigenvalue weighted by Crippen LogP contribution is -2.39. The predicted molar refractivity (Wildman–Crippen MR) is 111 cm³/mol. The molecule has 0 N–H and O–H groups in total. The van der Waals surface area contributed by atoms with Crippen molar-refractivity contribution >= 4 is 22.6 Å². The first-order valence-electron chi connectivity index (χ1n) is 9.95. The van der Waals surface area contributed by atoms with Gasteiger partial charge < -0.3 is 18.7 Å². The lowest BCUT2D eigenvalue weighted by Gasteiger charge is -2.29. The van der Waals surface area contributed by atoms with Crippen LogP contribution in [0.5, 0.6) is 0 Å². The minimum atomic E-state index is -0.524. The Morgan fingerprint density at radius 1 is 1.28 bits per heavy atom. The molecule has 0 atom stereocenters. The summed E-state index contributed by atoms with van der Waals surface area (Å²) >= 11 is 0. The number of fused-ring (bicyclic) bond motifs is 1. The van der Waals surface area contributed by atoms with E-state index in [1.54, 1.807) is 4.90 Å². The van der Waals surface area contributed by atoms with Crippen molar-refractivity contribution in [3.63, 3.8) is 0 Å². The van der Waals surface area contributed by atoms with Crippen LogP contribution >= 0.6 is 0 Å². The molecule has 29 heavy (non-hydrogen) atoms. The van der Waals surface area contributed by atoms with E-state index in [0.717, 1.165) is 35.0 Å². The van der Waals surface area contributed by atoms with Crippen LogP contribution in [0.15, 0.2) is 41.1 Å². The number of carbonyl (C=O) groups excluding carboxylic acids is 1. The zero-order valence-corrected chi connectivity index (χ0v) is 17.3. The molecule has 3 heterocycles. The third-order valence-electron chi connectivity index (χ3n) is 4.87. The average Bonchev–Trinajstić information content (AvgIpc) is 3.31. The van der Waals surface area contributed by atoms with Gasteiger partial charge in [0.2, 0.25) is 5.82 Å². The maximum Gasteiger partial charge on any atom is 0.410 e. The van der Waals surface area contributed by atoms with E-state index < -0.39 is 5.60 Å². The fraction of sp³-hybridized carbons (Fsp3) is 0.409. The lowest BCUT2D eigenvalue weighted by atomic mass is 10.1. The van der Waals surface area contributed by atoms with E-state index >= 15 is 0 Å². The Kier molecular flexibility index (Phi) is 4.90. The topological polar surface area (TPSA) is 73.4 Å². The van der Waals surface area contributed by atoms with Crippen molar-refractivity contribution in [2.24, 2.45) is 0 Å². The Morgan fingerprint density at radius 2 is 2.07 bits per heavy atom. The molecule has 0 fully saturated rings. The number of hydrogen-bond donors (Lipinski definition) is 0. The number of ether oxygens (including phenoxy) is 1. The van der Waals surface area contributed by atoms with E-state index in [0.29, 0.717) is 24.8 Å². The highest BCUT2D eigenvalue weighted by atomic mass is 16.6. The maximum absolute atomic E-state index is 12.4. The number of aryl methyl sites for hydroxylation is 1. The fourth-order valence-electron chi connectivity index (χ4n) is 3.53. The van der Waals surface area contributed by atoms with Crippen molar-refractivity contribution in [3.05, 3.63) is 42.4 Å². The molecule has 4 rings (SSSR count). The van der Waals surface area contributed by atoms with Crippen molar-refractivity contribution in [1.29, 1.82) is 0 Å². The van der Waals surface area contributed by atoms with Crippen LogP contribution in [0.1, 0.15) is 40.0 Å². The molecule has 1 amide bonds. The molecule has 1 aliphatic heterocycles. The van der Waals surface area contributed by atoms with E-state index in [4.69, 9.17) is 9.26 Å². The van der Waals surface area contributed by atoms with Crippen molar-refractivity contribution < 1.29 is 14.1 Å². The molecule has 1 aromatic carbocycles. The van der Waals surface area contributed by atoms with Crippen LogP contribution in [0, 0.1) is 0 Å². The predicted octanol–water partition coefficient (Wildman–Crippen LogP) is 4.74. The molecule has 0 aliphatic carbocycles. The molecule has 152 valence electrons. The van der Waals surface area contributed by atoms with Crippen LogP contribution in [0.3, 0.4) is 0 Å². The lowest BCUT2D eigenvalue weighted by molar-refractivity contribution is 0.0272. The Labute approximate surface area is 169 Å². The molecule has 0 saturated carbocycles. The Morgan fingerprint density at radius 3 is 2.83 bits per heavy atom. The van der Waals surface area contributed by atoms with Crippen molar-refractivity contribution in [1.82, 2.24) is 19.6 Å².